The molecule has 6 heteroatoms. The van der Waals surface area contributed by atoms with Crippen molar-refractivity contribution in [2.75, 3.05) is 20.1 Å². The molecule has 0 spiro atoms. The lowest BCUT2D eigenvalue weighted by Gasteiger charge is -2.30. The van der Waals surface area contributed by atoms with Crippen LogP contribution in [0.5, 0.6) is 0 Å². The molecule has 0 aliphatic carbocycles. The first kappa shape index (κ1) is 20.5. The lowest BCUT2D eigenvalue weighted by molar-refractivity contribution is -0.177. The summed E-state index contributed by atoms with van der Waals surface area (Å²) in [7, 11) is 1.91. The van der Waals surface area contributed by atoms with Crippen LogP contribution in [0.2, 0.25) is 10.0 Å². The number of hydrogen-bond donors (Lipinski definition) is 1. The number of halogens is 2. The molecule has 0 saturated heterocycles. The van der Waals surface area contributed by atoms with Gasteiger partial charge in [0.25, 0.3) is 5.91 Å². The normalized spacial score (nSPS) is 12.0. The maximum absolute atomic E-state index is 12.6. The van der Waals surface area contributed by atoms with Gasteiger partial charge in [0.1, 0.15) is 0 Å². The molecule has 0 heterocycles. The Kier molecular flexibility index (Phi) is 7.66. The first-order valence-corrected chi connectivity index (χ1v) is 8.97. The molecule has 0 unspecified atom stereocenters. The van der Waals surface area contributed by atoms with E-state index in [0.717, 1.165) is 10.6 Å². The molecule has 2 rings (SSSR count). The molecule has 26 heavy (non-hydrogen) atoms. The molecule has 138 valence electrons. The van der Waals surface area contributed by atoms with Crippen molar-refractivity contribution in [3.63, 3.8) is 0 Å². The van der Waals surface area contributed by atoms with Crippen LogP contribution < -0.4 is 0 Å². The Morgan fingerprint density at radius 3 is 2.50 bits per heavy atom. The number of nitrogens with zero attached hydrogens (tertiary/aromatic N) is 2. The van der Waals surface area contributed by atoms with Crippen molar-refractivity contribution in [3.05, 3.63) is 82.4 Å². The zero-order chi connectivity index (χ0) is 19.1. The minimum Gasteiger partial charge on any atom is -0.300 e. The third kappa shape index (κ3) is 5.58. The van der Waals surface area contributed by atoms with Gasteiger partial charge in [-0.1, -0.05) is 65.7 Å². The monoisotopic (exact) mass is 392 g/mol. The summed E-state index contributed by atoms with van der Waals surface area (Å²) in [4.78, 5) is 14.6. The Labute approximate surface area is 164 Å². The largest absolute Gasteiger partial charge is 0.300 e. The third-order valence-corrected chi connectivity index (χ3v) is 4.74. The van der Waals surface area contributed by atoms with E-state index in [2.05, 4.69) is 6.58 Å². The zero-order valence-electron chi connectivity index (χ0n) is 14.6. The van der Waals surface area contributed by atoms with Gasteiger partial charge in [-0.15, -0.1) is 6.58 Å². The Morgan fingerprint density at radius 1 is 1.19 bits per heavy atom. The van der Waals surface area contributed by atoms with Crippen molar-refractivity contribution in [2.24, 2.45) is 0 Å². The maximum Gasteiger partial charge on any atom is 0.250 e. The fraction of sp³-hybridized carbons (Fsp3) is 0.250. The number of likely N-dealkylation sites (N-methyl/N-ethyl adjacent to an activating group) is 1. The zero-order valence-corrected chi connectivity index (χ0v) is 16.1. The molecule has 0 aliphatic heterocycles. The number of carbonyl (C=O) groups is 1. The number of benzene rings is 2. The molecule has 0 bridgehead atoms. The van der Waals surface area contributed by atoms with Crippen LogP contribution >= 0.6 is 23.2 Å². The van der Waals surface area contributed by atoms with E-state index in [1.54, 1.807) is 24.3 Å². The molecular formula is C20H22Cl2N2O2. The van der Waals surface area contributed by atoms with Gasteiger partial charge in [-0.25, -0.2) is 5.06 Å². The quantitative estimate of drug-likeness (QED) is 0.405. The van der Waals surface area contributed by atoms with E-state index in [9.17, 15) is 10.0 Å². The smallest absolute Gasteiger partial charge is 0.250 e. The van der Waals surface area contributed by atoms with Crippen molar-refractivity contribution in [1.29, 1.82) is 0 Å². The first-order chi connectivity index (χ1) is 12.4. The van der Waals surface area contributed by atoms with Crippen LogP contribution in [-0.2, 0) is 11.2 Å². The highest BCUT2D eigenvalue weighted by Gasteiger charge is 2.25. The Balaban J connectivity index is 2.18. The van der Waals surface area contributed by atoms with Gasteiger partial charge in [-0.3, -0.25) is 10.0 Å². The van der Waals surface area contributed by atoms with Gasteiger partial charge in [0.15, 0.2) is 0 Å². The molecule has 0 saturated carbocycles. The summed E-state index contributed by atoms with van der Waals surface area (Å²) in [6.45, 7) is 4.85. The van der Waals surface area contributed by atoms with Crippen LogP contribution in [0.4, 0.5) is 0 Å². The van der Waals surface area contributed by atoms with E-state index in [4.69, 9.17) is 23.2 Å². The number of hydrogen-bond acceptors (Lipinski definition) is 3. The predicted octanol–water partition coefficient (Wildman–Crippen LogP) is 4.61. The van der Waals surface area contributed by atoms with E-state index in [1.165, 1.54) is 0 Å². The number of amides is 1. The second-order valence-corrected chi connectivity index (χ2v) is 6.91. The molecule has 0 radical (unpaired) electrons. The van der Waals surface area contributed by atoms with Gasteiger partial charge in [-0.05, 0) is 30.3 Å². The van der Waals surface area contributed by atoms with E-state index in [-0.39, 0.29) is 6.42 Å². The van der Waals surface area contributed by atoms with Gasteiger partial charge >= 0.3 is 0 Å². The fourth-order valence-corrected chi connectivity index (χ4v) is 2.99. The van der Waals surface area contributed by atoms with E-state index in [1.807, 2.05) is 42.3 Å². The van der Waals surface area contributed by atoms with Crippen molar-refractivity contribution in [3.8, 4) is 0 Å². The molecule has 2 aromatic carbocycles. The lowest BCUT2D eigenvalue weighted by atomic mass is 10.0. The fourth-order valence-electron chi connectivity index (χ4n) is 2.67. The second-order valence-electron chi connectivity index (χ2n) is 6.10. The van der Waals surface area contributed by atoms with Crippen molar-refractivity contribution in [1.82, 2.24) is 9.96 Å². The molecule has 1 atom stereocenters. The van der Waals surface area contributed by atoms with Gasteiger partial charge in [0.2, 0.25) is 0 Å². The highest BCUT2D eigenvalue weighted by molar-refractivity contribution is 6.42. The van der Waals surface area contributed by atoms with Gasteiger partial charge < -0.3 is 4.90 Å². The summed E-state index contributed by atoms with van der Waals surface area (Å²) >= 11 is 11.9. The van der Waals surface area contributed by atoms with Gasteiger partial charge in [-0.2, -0.15) is 0 Å². The molecule has 0 aliphatic rings. The van der Waals surface area contributed by atoms with E-state index >= 15 is 0 Å². The van der Waals surface area contributed by atoms with Crippen molar-refractivity contribution < 1.29 is 10.0 Å². The van der Waals surface area contributed by atoms with Gasteiger partial charge in [0.05, 0.1) is 22.5 Å². The van der Waals surface area contributed by atoms with Crippen molar-refractivity contribution >= 4 is 29.1 Å². The topological polar surface area (TPSA) is 43.8 Å². The summed E-state index contributed by atoms with van der Waals surface area (Å²) in [6, 6.07) is 14.0. The first-order valence-electron chi connectivity index (χ1n) is 8.21. The van der Waals surface area contributed by atoms with Crippen LogP contribution in [-0.4, -0.2) is 41.2 Å². The predicted molar refractivity (Wildman–Crippen MR) is 106 cm³/mol. The standard InChI is InChI=1S/C20H22Cl2N2O2/c1-3-11-23(2)14-19(16-7-5-4-6-8-16)24(26)20(25)13-15-9-10-17(21)18(22)12-15/h3-10,12,19,26H,1,11,13-14H2,2H3/t19-/m1/s1. The lowest BCUT2D eigenvalue weighted by Crippen LogP contribution is -2.39. The summed E-state index contributed by atoms with van der Waals surface area (Å²) in [6.07, 6.45) is 1.81. The summed E-state index contributed by atoms with van der Waals surface area (Å²) < 4.78 is 0. The number of rotatable bonds is 8. The van der Waals surface area contributed by atoms with Crippen LogP contribution in [0.1, 0.15) is 17.2 Å². The van der Waals surface area contributed by atoms with Crippen LogP contribution in [0, 0.1) is 0 Å². The van der Waals surface area contributed by atoms with Crippen LogP contribution in [0.15, 0.2) is 61.2 Å². The minimum absolute atomic E-state index is 0.0297. The molecule has 2 aromatic rings. The highest BCUT2D eigenvalue weighted by Crippen LogP contribution is 2.25. The minimum atomic E-state index is -0.489. The molecule has 0 aromatic heterocycles. The third-order valence-electron chi connectivity index (χ3n) is 4.00. The van der Waals surface area contributed by atoms with Crippen LogP contribution in [0.3, 0.4) is 0 Å². The van der Waals surface area contributed by atoms with Gasteiger partial charge in [0, 0.05) is 13.1 Å². The summed E-state index contributed by atoms with van der Waals surface area (Å²) in [5.74, 6) is -0.413. The summed E-state index contributed by atoms with van der Waals surface area (Å²) in [5, 5.41) is 12.2. The number of hydroxylamine groups is 2. The SMILES string of the molecule is C=CCN(C)C[C@H](c1ccccc1)N(O)C(=O)Cc1ccc(Cl)c(Cl)c1. The molecule has 1 N–H and O–H groups in total. The average molecular weight is 393 g/mol. The Bertz CT molecular complexity index is 753. The Hall–Kier alpha value is -1.85. The van der Waals surface area contributed by atoms with E-state index < -0.39 is 11.9 Å². The second kappa shape index (κ2) is 9.74. The van der Waals surface area contributed by atoms with E-state index in [0.29, 0.717) is 28.7 Å². The van der Waals surface area contributed by atoms with Crippen LogP contribution in [0.25, 0.3) is 0 Å². The molecule has 0 fully saturated rings. The number of carbonyl (C=O) groups excluding carboxylic acids is 1. The molecule has 4 nitrogen and oxygen atoms in total. The molecular weight excluding hydrogens is 371 g/mol. The molecule has 1 amide bonds. The summed E-state index contributed by atoms with van der Waals surface area (Å²) in [5.41, 5.74) is 1.54. The highest BCUT2D eigenvalue weighted by atomic mass is 35.5. The Morgan fingerprint density at radius 2 is 1.88 bits per heavy atom. The van der Waals surface area contributed by atoms with Crippen molar-refractivity contribution in [2.45, 2.75) is 12.5 Å². The average Bonchev–Trinajstić information content (AvgIpc) is 2.63. The maximum atomic E-state index is 12.6.